The zero-order valence-electron chi connectivity index (χ0n) is 11.1. The minimum atomic E-state index is -0.472. The van der Waals surface area contributed by atoms with Gasteiger partial charge in [0.2, 0.25) is 5.91 Å². The van der Waals surface area contributed by atoms with Crippen LogP contribution in [-0.2, 0) is 9.53 Å². The molecule has 2 rings (SSSR count). The molecule has 0 saturated heterocycles. The number of H-pyrrole nitrogens is 2. The van der Waals surface area contributed by atoms with Gasteiger partial charge in [-0.15, -0.1) is 0 Å². The van der Waals surface area contributed by atoms with Gasteiger partial charge in [0, 0.05) is 0 Å². The van der Waals surface area contributed by atoms with Crippen LogP contribution in [0.2, 0.25) is 0 Å². The molecular weight excluding hydrogens is 262 g/mol. The molecule has 0 radical (unpaired) electrons. The van der Waals surface area contributed by atoms with E-state index in [1.165, 1.54) is 6.07 Å². The Morgan fingerprint density at radius 2 is 1.95 bits per heavy atom. The number of carbonyl (C=O) groups excluding carboxylic acids is 1. The average Bonchev–Trinajstić information content (AvgIpc) is 2.41. The second-order valence-electron chi connectivity index (χ2n) is 4.54. The maximum absolute atomic E-state index is 11.8. The van der Waals surface area contributed by atoms with Gasteiger partial charge in [-0.3, -0.25) is 24.6 Å². The van der Waals surface area contributed by atoms with Crippen LogP contribution in [0.3, 0.4) is 0 Å². The van der Waals surface area contributed by atoms with Crippen molar-refractivity contribution in [2.45, 2.75) is 20.0 Å². The number of hydrogen-bond acceptors (Lipinski definition) is 4. The van der Waals surface area contributed by atoms with Crippen LogP contribution in [-0.4, -0.2) is 28.8 Å². The van der Waals surface area contributed by atoms with Crippen molar-refractivity contribution in [3.63, 3.8) is 0 Å². The second-order valence-corrected chi connectivity index (χ2v) is 4.54. The van der Waals surface area contributed by atoms with E-state index >= 15 is 0 Å². The predicted molar refractivity (Wildman–Crippen MR) is 74.9 cm³/mol. The summed E-state index contributed by atoms with van der Waals surface area (Å²) in [5.41, 5.74) is -0.610. The first-order valence-corrected chi connectivity index (χ1v) is 6.14. The Morgan fingerprint density at radius 1 is 1.25 bits per heavy atom. The number of anilines is 1. The molecule has 7 heteroatoms. The molecule has 0 saturated carbocycles. The molecular formula is C13H15N3O4. The number of fused-ring (bicyclic) bond motifs is 1. The molecule has 1 amide bonds. The first-order chi connectivity index (χ1) is 9.49. The van der Waals surface area contributed by atoms with Crippen molar-refractivity contribution >= 4 is 22.4 Å². The van der Waals surface area contributed by atoms with Gasteiger partial charge < -0.3 is 10.1 Å². The monoisotopic (exact) mass is 277 g/mol. The van der Waals surface area contributed by atoms with E-state index in [0.717, 1.165) is 0 Å². The van der Waals surface area contributed by atoms with Crippen LogP contribution in [0.25, 0.3) is 10.8 Å². The summed E-state index contributed by atoms with van der Waals surface area (Å²) < 4.78 is 5.18. The van der Waals surface area contributed by atoms with Gasteiger partial charge in [0.05, 0.1) is 22.6 Å². The van der Waals surface area contributed by atoms with E-state index < -0.39 is 11.1 Å². The minimum absolute atomic E-state index is 0.0699. The van der Waals surface area contributed by atoms with Crippen molar-refractivity contribution in [3.8, 4) is 0 Å². The lowest BCUT2D eigenvalue weighted by molar-refractivity contribution is -0.121. The molecule has 1 heterocycles. The van der Waals surface area contributed by atoms with Gasteiger partial charge in [-0.2, -0.15) is 0 Å². The maximum atomic E-state index is 11.8. The van der Waals surface area contributed by atoms with Crippen LogP contribution < -0.4 is 16.4 Å². The summed E-state index contributed by atoms with van der Waals surface area (Å²) in [6.07, 6.45) is -0.0699. The molecule has 20 heavy (non-hydrogen) atoms. The fourth-order valence-corrected chi connectivity index (χ4v) is 1.76. The molecule has 1 aromatic carbocycles. The lowest BCUT2D eigenvalue weighted by Gasteiger charge is -2.09. The maximum Gasteiger partial charge on any atom is 0.272 e. The SMILES string of the molecule is CC(C)OCC(=O)Nc1cccc2c(=O)[nH][nH]c(=O)c12. The number of amides is 1. The summed E-state index contributed by atoms with van der Waals surface area (Å²) in [6, 6.07) is 4.67. The van der Waals surface area contributed by atoms with Crippen molar-refractivity contribution in [3.05, 3.63) is 38.9 Å². The third-order valence-electron chi connectivity index (χ3n) is 2.65. The van der Waals surface area contributed by atoms with E-state index in [0.29, 0.717) is 0 Å². The van der Waals surface area contributed by atoms with Crippen molar-refractivity contribution in [1.29, 1.82) is 0 Å². The number of aromatic amines is 2. The van der Waals surface area contributed by atoms with Gasteiger partial charge in [-0.05, 0) is 26.0 Å². The number of nitrogens with one attached hydrogen (secondary N) is 3. The van der Waals surface area contributed by atoms with Crippen molar-refractivity contribution in [2.24, 2.45) is 0 Å². The second kappa shape index (κ2) is 5.70. The third kappa shape index (κ3) is 2.94. The van der Waals surface area contributed by atoms with E-state index in [-0.39, 0.29) is 35.1 Å². The minimum Gasteiger partial charge on any atom is -0.369 e. The fraction of sp³-hybridized carbons (Fsp3) is 0.308. The molecule has 7 nitrogen and oxygen atoms in total. The first-order valence-electron chi connectivity index (χ1n) is 6.14. The number of benzene rings is 1. The topological polar surface area (TPSA) is 104 Å². The fourth-order valence-electron chi connectivity index (χ4n) is 1.76. The highest BCUT2D eigenvalue weighted by atomic mass is 16.5. The van der Waals surface area contributed by atoms with E-state index in [1.54, 1.807) is 12.1 Å². The zero-order valence-corrected chi connectivity index (χ0v) is 11.1. The highest BCUT2D eigenvalue weighted by molar-refractivity contribution is 6.01. The van der Waals surface area contributed by atoms with Crippen molar-refractivity contribution in [2.75, 3.05) is 11.9 Å². The molecule has 0 atom stereocenters. The Morgan fingerprint density at radius 3 is 2.65 bits per heavy atom. The van der Waals surface area contributed by atoms with Crippen LogP contribution >= 0.6 is 0 Å². The summed E-state index contributed by atoms with van der Waals surface area (Å²) in [7, 11) is 0. The molecule has 0 spiro atoms. The van der Waals surface area contributed by atoms with Gasteiger partial charge in [-0.25, -0.2) is 0 Å². The van der Waals surface area contributed by atoms with Crippen molar-refractivity contribution < 1.29 is 9.53 Å². The average molecular weight is 277 g/mol. The molecule has 0 unspecified atom stereocenters. The van der Waals surface area contributed by atoms with Gasteiger partial charge in [0.1, 0.15) is 6.61 Å². The smallest absolute Gasteiger partial charge is 0.272 e. The molecule has 0 aliphatic carbocycles. The Labute approximate surface area is 113 Å². The number of aromatic nitrogens is 2. The summed E-state index contributed by atoms with van der Waals surface area (Å²) in [5.74, 6) is -0.383. The summed E-state index contributed by atoms with van der Waals surface area (Å²) in [6.45, 7) is 3.51. The number of ether oxygens (including phenoxy) is 1. The van der Waals surface area contributed by atoms with Crippen molar-refractivity contribution in [1.82, 2.24) is 10.2 Å². The highest BCUT2D eigenvalue weighted by Gasteiger charge is 2.11. The molecule has 0 bridgehead atoms. The van der Waals surface area contributed by atoms with E-state index in [1.807, 2.05) is 13.8 Å². The largest absolute Gasteiger partial charge is 0.369 e. The van der Waals surface area contributed by atoms with Crippen LogP contribution in [0.5, 0.6) is 0 Å². The molecule has 106 valence electrons. The van der Waals surface area contributed by atoms with Crippen LogP contribution in [0.15, 0.2) is 27.8 Å². The van der Waals surface area contributed by atoms with Gasteiger partial charge in [0.25, 0.3) is 11.1 Å². The Hall–Kier alpha value is -2.41. The number of rotatable bonds is 4. The standard InChI is InChI=1S/C13H15N3O4/c1-7(2)20-6-10(17)14-9-5-3-4-8-11(9)13(19)16-15-12(8)18/h3-5,7H,6H2,1-2H3,(H,14,17)(H,15,18)(H,16,19). The molecule has 0 aliphatic rings. The van der Waals surface area contributed by atoms with Crippen LogP contribution in [0.4, 0.5) is 5.69 Å². The summed E-state index contributed by atoms with van der Waals surface area (Å²) >= 11 is 0. The summed E-state index contributed by atoms with van der Waals surface area (Å²) in [4.78, 5) is 35.1. The number of hydrogen-bond donors (Lipinski definition) is 3. The quantitative estimate of drug-likeness (QED) is 0.760. The van der Waals surface area contributed by atoms with E-state index in [4.69, 9.17) is 4.74 Å². The lowest BCUT2D eigenvalue weighted by atomic mass is 10.1. The first kappa shape index (κ1) is 14.0. The lowest BCUT2D eigenvalue weighted by Crippen LogP contribution is -2.24. The Balaban J connectivity index is 2.36. The van der Waals surface area contributed by atoms with E-state index in [9.17, 15) is 14.4 Å². The number of carbonyl (C=O) groups is 1. The normalized spacial score (nSPS) is 10.9. The predicted octanol–water partition coefficient (Wildman–Crippen LogP) is 0.580. The Kier molecular flexibility index (Phi) is 3.99. The molecule has 0 fully saturated rings. The third-order valence-corrected chi connectivity index (χ3v) is 2.65. The van der Waals surface area contributed by atoms with E-state index in [2.05, 4.69) is 15.5 Å². The van der Waals surface area contributed by atoms with Gasteiger partial charge >= 0.3 is 0 Å². The van der Waals surface area contributed by atoms with Crippen LogP contribution in [0, 0.1) is 0 Å². The van der Waals surface area contributed by atoms with Crippen LogP contribution in [0.1, 0.15) is 13.8 Å². The molecule has 2 aromatic rings. The van der Waals surface area contributed by atoms with Gasteiger partial charge in [-0.1, -0.05) is 6.07 Å². The Bertz CT molecular complexity index is 745. The van der Waals surface area contributed by atoms with Gasteiger partial charge in [0.15, 0.2) is 0 Å². The summed E-state index contributed by atoms with van der Waals surface area (Å²) in [5, 5.41) is 7.40. The molecule has 1 aromatic heterocycles. The molecule has 3 N–H and O–H groups in total. The highest BCUT2D eigenvalue weighted by Crippen LogP contribution is 2.16. The molecule has 0 aliphatic heterocycles. The zero-order chi connectivity index (χ0) is 14.7.